The summed E-state index contributed by atoms with van der Waals surface area (Å²) in [6.07, 6.45) is 0. The number of aryl methyl sites for hydroxylation is 3. The van der Waals surface area contributed by atoms with Crippen molar-refractivity contribution in [1.29, 1.82) is 0 Å². The molecule has 0 spiro atoms. The molecular weight excluding hydrogens is 272 g/mol. The lowest BCUT2D eigenvalue weighted by atomic mass is 10.1. The summed E-state index contributed by atoms with van der Waals surface area (Å²) in [6, 6.07) is 14.4. The monoisotopic (exact) mass is 296 g/mol. The van der Waals surface area contributed by atoms with Crippen molar-refractivity contribution < 1.29 is 4.79 Å². The van der Waals surface area contributed by atoms with Crippen LogP contribution in [0, 0.1) is 20.8 Å². The molecule has 2 aromatic carbocycles. The molecule has 116 valence electrons. The highest BCUT2D eigenvalue weighted by molar-refractivity contribution is 5.81. The molecule has 3 nitrogen and oxygen atoms in total. The molecular formula is C19H24N2O. The Labute approximate surface area is 133 Å². The van der Waals surface area contributed by atoms with Crippen molar-refractivity contribution in [3.8, 4) is 0 Å². The molecule has 2 rings (SSSR count). The van der Waals surface area contributed by atoms with Crippen molar-refractivity contribution in [2.45, 2.75) is 27.3 Å². The fourth-order valence-electron chi connectivity index (χ4n) is 2.36. The van der Waals surface area contributed by atoms with Gasteiger partial charge < -0.3 is 10.2 Å². The molecule has 3 heteroatoms. The molecule has 0 bridgehead atoms. The molecule has 0 aromatic heterocycles. The number of likely N-dealkylation sites (N-methyl/N-ethyl adjacent to an activating group) is 1. The number of carbonyl (C=O) groups is 1. The Balaban J connectivity index is 1.94. The third-order valence-corrected chi connectivity index (χ3v) is 3.92. The second-order valence-corrected chi connectivity index (χ2v) is 5.85. The molecule has 0 atom stereocenters. The molecule has 1 N–H and O–H groups in total. The van der Waals surface area contributed by atoms with Gasteiger partial charge in [0.25, 0.3) is 0 Å². The van der Waals surface area contributed by atoms with E-state index in [2.05, 4.69) is 49.5 Å². The van der Waals surface area contributed by atoms with E-state index in [1.807, 2.05) is 26.1 Å². The Morgan fingerprint density at radius 1 is 1.05 bits per heavy atom. The average molecular weight is 296 g/mol. The Kier molecular flexibility index (Phi) is 5.21. The molecule has 0 radical (unpaired) electrons. The smallest absolute Gasteiger partial charge is 0.241 e. The van der Waals surface area contributed by atoms with E-state index in [4.69, 9.17) is 0 Å². The lowest BCUT2D eigenvalue weighted by Gasteiger charge is -2.19. The first-order valence-corrected chi connectivity index (χ1v) is 7.57. The Bertz CT molecular complexity index is 664. The SMILES string of the molecule is Cc1ccc(C)c(NCC(=O)N(C)Cc2ccccc2C)c1. The van der Waals surface area contributed by atoms with Crippen molar-refractivity contribution in [1.82, 2.24) is 4.90 Å². The van der Waals surface area contributed by atoms with Gasteiger partial charge in [-0.1, -0.05) is 36.4 Å². The van der Waals surface area contributed by atoms with Crippen LogP contribution >= 0.6 is 0 Å². The number of hydrogen-bond acceptors (Lipinski definition) is 2. The summed E-state index contributed by atoms with van der Waals surface area (Å²) in [7, 11) is 1.85. The highest BCUT2D eigenvalue weighted by Crippen LogP contribution is 2.16. The van der Waals surface area contributed by atoms with E-state index >= 15 is 0 Å². The number of nitrogens with zero attached hydrogens (tertiary/aromatic N) is 1. The molecule has 22 heavy (non-hydrogen) atoms. The number of benzene rings is 2. The van der Waals surface area contributed by atoms with E-state index < -0.39 is 0 Å². The van der Waals surface area contributed by atoms with E-state index in [1.165, 1.54) is 16.7 Å². The molecule has 0 heterocycles. The van der Waals surface area contributed by atoms with Gasteiger partial charge in [0.1, 0.15) is 0 Å². The highest BCUT2D eigenvalue weighted by atomic mass is 16.2. The first-order valence-electron chi connectivity index (χ1n) is 7.57. The average Bonchev–Trinajstić information content (AvgIpc) is 2.50. The third-order valence-electron chi connectivity index (χ3n) is 3.92. The van der Waals surface area contributed by atoms with Crippen LogP contribution in [0.15, 0.2) is 42.5 Å². The zero-order valence-corrected chi connectivity index (χ0v) is 13.8. The van der Waals surface area contributed by atoms with Crippen molar-refractivity contribution in [2.75, 3.05) is 18.9 Å². The fraction of sp³-hybridized carbons (Fsp3) is 0.316. The van der Waals surface area contributed by atoms with Gasteiger partial charge in [-0.25, -0.2) is 0 Å². The van der Waals surface area contributed by atoms with Crippen LogP contribution in [0.1, 0.15) is 22.3 Å². The zero-order chi connectivity index (χ0) is 16.1. The van der Waals surface area contributed by atoms with E-state index in [1.54, 1.807) is 4.90 Å². The van der Waals surface area contributed by atoms with Gasteiger partial charge in [0, 0.05) is 19.3 Å². The largest absolute Gasteiger partial charge is 0.376 e. The van der Waals surface area contributed by atoms with Crippen molar-refractivity contribution in [3.05, 3.63) is 64.7 Å². The highest BCUT2D eigenvalue weighted by Gasteiger charge is 2.10. The van der Waals surface area contributed by atoms with Crippen LogP contribution in [0.4, 0.5) is 5.69 Å². The maximum Gasteiger partial charge on any atom is 0.241 e. The van der Waals surface area contributed by atoms with Crippen molar-refractivity contribution in [2.24, 2.45) is 0 Å². The maximum atomic E-state index is 12.3. The number of nitrogens with one attached hydrogen (secondary N) is 1. The minimum absolute atomic E-state index is 0.0872. The molecule has 0 fully saturated rings. The van der Waals surface area contributed by atoms with Crippen LogP contribution in [0.2, 0.25) is 0 Å². The number of rotatable bonds is 5. The quantitative estimate of drug-likeness (QED) is 0.913. The second kappa shape index (κ2) is 7.12. The summed E-state index contributed by atoms with van der Waals surface area (Å²) in [4.78, 5) is 14.1. The van der Waals surface area contributed by atoms with Crippen LogP contribution in [0.25, 0.3) is 0 Å². The molecule has 0 aliphatic heterocycles. The summed E-state index contributed by atoms with van der Waals surface area (Å²) < 4.78 is 0. The number of hydrogen-bond donors (Lipinski definition) is 1. The molecule has 1 amide bonds. The lowest BCUT2D eigenvalue weighted by Crippen LogP contribution is -2.32. The van der Waals surface area contributed by atoms with Crippen molar-refractivity contribution in [3.63, 3.8) is 0 Å². The lowest BCUT2D eigenvalue weighted by molar-refractivity contribution is -0.128. The third kappa shape index (κ3) is 4.10. The molecule has 0 aliphatic rings. The Morgan fingerprint density at radius 2 is 1.77 bits per heavy atom. The van der Waals surface area contributed by atoms with E-state index in [0.717, 1.165) is 11.3 Å². The van der Waals surface area contributed by atoms with Crippen LogP contribution in [0.3, 0.4) is 0 Å². The van der Waals surface area contributed by atoms with Crippen LogP contribution in [-0.2, 0) is 11.3 Å². The summed E-state index contributed by atoms with van der Waals surface area (Å²) in [5.41, 5.74) is 5.76. The Morgan fingerprint density at radius 3 is 2.50 bits per heavy atom. The normalized spacial score (nSPS) is 10.4. The van der Waals surface area contributed by atoms with Crippen molar-refractivity contribution >= 4 is 11.6 Å². The molecule has 2 aromatic rings. The van der Waals surface area contributed by atoms with Gasteiger partial charge in [-0.2, -0.15) is 0 Å². The predicted octanol–water partition coefficient (Wildman–Crippen LogP) is 3.68. The topological polar surface area (TPSA) is 32.3 Å². The van der Waals surface area contributed by atoms with Gasteiger partial charge in [-0.15, -0.1) is 0 Å². The van der Waals surface area contributed by atoms with Gasteiger partial charge in [0.05, 0.1) is 6.54 Å². The number of anilines is 1. The summed E-state index contributed by atoms with van der Waals surface area (Å²) in [5.74, 6) is 0.0872. The number of amides is 1. The van der Waals surface area contributed by atoms with E-state index in [0.29, 0.717) is 13.1 Å². The van der Waals surface area contributed by atoms with Gasteiger partial charge >= 0.3 is 0 Å². The van der Waals surface area contributed by atoms with Gasteiger partial charge in [0.2, 0.25) is 5.91 Å². The van der Waals surface area contributed by atoms with Gasteiger partial charge in [-0.3, -0.25) is 4.79 Å². The van der Waals surface area contributed by atoms with Gasteiger partial charge in [-0.05, 0) is 49.1 Å². The maximum absolute atomic E-state index is 12.3. The van der Waals surface area contributed by atoms with Crippen LogP contribution in [0.5, 0.6) is 0 Å². The standard InChI is InChI=1S/C19H24N2O/c1-14-9-10-16(3)18(11-14)20-12-19(22)21(4)13-17-8-6-5-7-15(17)2/h5-11,20H,12-13H2,1-4H3. The Hall–Kier alpha value is -2.29. The van der Waals surface area contributed by atoms with E-state index in [9.17, 15) is 4.79 Å². The zero-order valence-electron chi connectivity index (χ0n) is 13.8. The number of carbonyl (C=O) groups excluding carboxylic acids is 1. The summed E-state index contributed by atoms with van der Waals surface area (Å²) >= 11 is 0. The fourth-order valence-corrected chi connectivity index (χ4v) is 2.36. The molecule has 0 saturated heterocycles. The summed E-state index contributed by atoms with van der Waals surface area (Å²) in [6.45, 7) is 7.12. The molecule has 0 aliphatic carbocycles. The van der Waals surface area contributed by atoms with E-state index in [-0.39, 0.29) is 5.91 Å². The molecule has 0 unspecified atom stereocenters. The minimum Gasteiger partial charge on any atom is -0.376 e. The van der Waals surface area contributed by atoms with Crippen LogP contribution in [-0.4, -0.2) is 24.4 Å². The predicted molar refractivity (Wildman–Crippen MR) is 92.1 cm³/mol. The first kappa shape index (κ1) is 16.1. The van der Waals surface area contributed by atoms with Gasteiger partial charge in [0.15, 0.2) is 0 Å². The first-order chi connectivity index (χ1) is 10.5. The minimum atomic E-state index is 0.0872. The summed E-state index contributed by atoms with van der Waals surface area (Å²) in [5, 5.41) is 3.24. The molecule has 0 saturated carbocycles. The second-order valence-electron chi connectivity index (χ2n) is 5.85. The van der Waals surface area contributed by atoms with Crippen LogP contribution < -0.4 is 5.32 Å².